The van der Waals surface area contributed by atoms with Crippen LogP contribution in [-0.2, 0) is 10.0 Å². The van der Waals surface area contributed by atoms with E-state index < -0.39 is 10.0 Å². The highest BCUT2D eigenvalue weighted by molar-refractivity contribution is 7.88. The van der Waals surface area contributed by atoms with Crippen LogP contribution in [0.3, 0.4) is 0 Å². The maximum Gasteiger partial charge on any atom is 0.241 e. The number of piperidine rings is 1. The second-order valence-electron chi connectivity index (χ2n) is 6.89. The van der Waals surface area contributed by atoms with Crippen molar-refractivity contribution < 1.29 is 8.42 Å². The van der Waals surface area contributed by atoms with E-state index in [1.807, 2.05) is 35.8 Å². The fourth-order valence-electron chi connectivity index (χ4n) is 3.42. The van der Waals surface area contributed by atoms with Crippen LogP contribution in [-0.4, -0.2) is 57.7 Å². The molecule has 0 unspecified atom stereocenters. The molecular weight excluding hydrogens is 364 g/mol. The van der Waals surface area contributed by atoms with E-state index in [2.05, 4.69) is 26.4 Å². The molecule has 1 fully saturated rings. The predicted octanol–water partition coefficient (Wildman–Crippen LogP) is 1.94. The Morgan fingerprint density at radius 1 is 1.19 bits per heavy atom. The lowest BCUT2D eigenvalue weighted by Gasteiger charge is -2.30. The quantitative estimate of drug-likeness (QED) is 0.737. The van der Waals surface area contributed by atoms with Crippen LogP contribution in [0.15, 0.2) is 36.7 Å². The lowest BCUT2D eigenvalue weighted by molar-refractivity contribution is 0.331. The Balaban J connectivity index is 1.57. The van der Waals surface area contributed by atoms with E-state index in [0.717, 1.165) is 35.3 Å². The van der Waals surface area contributed by atoms with Gasteiger partial charge < -0.3 is 5.32 Å². The minimum atomic E-state index is -3.12. The van der Waals surface area contributed by atoms with Crippen LogP contribution in [0.2, 0.25) is 0 Å². The molecule has 4 rings (SSSR count). The summed E-state index contributed by atoms with van der Waals surface area (Å²) < 4.78 is 26.7. The van der Waals surface area contributed by atoms with E-state index in [0.29, 0.717) is 19.0 Å². The predicted molar refractivity (Wildman–Crippen MR) is 104 cm³/mol. The summed E-state index contributed by atoms with van der Waals surface area (Å²) in [5.41, 5.74) is 3.80. The highest BCUT2D eigenvalue weighted by Crippen LogP contribution is 2.24. The van der Waals surface area contributed by atoms with E-state index in [9.17, 15) is 8.42 Å². The van der Waals surface area contributed by atoms with Crippen molar-refractivity contribution >= 4 is 21.5 Å². The molecule has 1 N–H and O–H groups in total. The van der Waals surface area contributed by atoms with Crippen molar-refractivity contribution in [3.8, 4) is 11.4 Å². The summed E-state index contributed by atoms with van der Waals surface area (Å²) in [7, 11) is -3.12. The van der Waals surface area contributed by atoms with Gasteiger partial charge in [0.2, 0.25) is 16.0 Å². The van der Waals surface area contributed by atoms with Crippen molar-refractivity contribution in [2.45, 2.75) is 25.8 Å². The van der Waals surface area contributed by atoms with Gasteiger partial charge in [-0.3, -0.25) is 4.98 Å². The van der Waals surface area contributed by atoms with Gasteiger partial charge in [-0.05, 0) is 43.5 Å². The number of rotatable bonds is 4. The first-order valence-corrected chi connectivity index (χ1v) is 10.7. The fourth-order valence-corrected chi connectivity index (χ4v) is 4.30. The number of hydrogen-bond acceptors (Lipinski definition) is 6. The first kappa shape index (κ1) is 17.9. The highest BCUT2D eigenvalue weighted by Gasteiger charge is 2.25. The molecule has 0 aliphatic carbocycles. The fraction of sp³-hybridized carbons (Fsp3) is 0.389. The molecule has 9 heteroatoms. The molecule has 1 saturated heterocycles. The maximum absolute atomic E-state index is 11.6. The van der Waals surface area contributed by atoms with Gasteiger partial charge in [0.1, 0.15) is 0 Å². The third kappa shape index (κ3) is 3.65. The molecule has 0 amide bonds. The van der Waals surface area contributed by atoms with Crippen molar-refractivity contribution in [3.05, 3.63) is 42.2 Å². The Kier molecular flexibility index (Phi) is 4.56. The zero-order chi connectivity index (χ0) is 19.0. The van der Waals surface area contributed by atoms with Gasteiger partial charge in [-0.1, -0.05) is 6.07 Å². The number of aryl methyl sites for hydroxylation is 1. The van der Waals surface area contributed by atoms with Crippen molar-refractivity contribution in [2.24, 2.45) is 0 Å². The smallest absolute Gasteiger partial charge is 0.241 e. The largest absolute Gasteiger partial charge is 0.350 e. The molecule has 0 bridgehead atoms. The molecule has 0 radical (unpaired) electrons. The van der Waals surface area contributed by atoms with E-state index in [-0.39, 0.29) is 6.04 Å². The minimum absolute atomic E-state index is 0.149. The third-order valence-corrected chi connectivity index (χ3v) is 6.20. The second-order valence-corrected chi connectivity index (χ2v) is 8.87. The highest BCUT2D eigenvalue weighted by atomic mass is 32.2. The summed E-state index contributed by atoms with van der Waals surface area (Å²) in [6.07, 6.45) is 6.28. The van der Waals surface area contributed by atoms with Crippen LogP contribution < -0.4 is 5.32 Å². The average Bonchev–Trinajstić information content (AvgIpc) is 2.98. The molecular formula is C18H22N6O2S. The molecule has 8 nitrogen and oxygen atoms in total. The van der Waals surface area contributed by atoms with Crippen molar-refractivity contribution in [3.63, 3.8) is 0 Å². The summed E-state index contributed by atoms with van der Waals surface area (Å²) >= 11 is 0. The molecule has 3 aromatic rings. The van der Waals surface area contributed by atoms with E-state index in [4.69, 9.17) is 0 Å². The van der Waals surface area contributed by atoms with Crippen molar-refractivity contribution in [2.75, 3.05) is 24.7 Å². The number of anilines is 1. The van der Waals surface area contributed by atoms with Gasteiger partial charge in [0.25, 0.3) is 0 Å². The molecule has 0 spiro atoms. The molecule has 0 atom stereocenters. The minimum Gasteiger partial charge on any atom is -0.350 e. The molecule has 4 heterocycles. The van der Waals surface area contributed by atoms with Crippen LogP contribution in [0.5, 0.6) is 0 Å². The van der Waals surface area contributed by atoms with E-state index in [1.165, 1.54) is 10.6 Å². The van der Waals surface area contributed by atoms with E-state index >= 15 is 0 Å². The van der Waals surface area contributed by atoms with Crippen LogP contribution in [0.25, 0.3) is 16.9 Å². The SMILES string of the molecule is Cc1cc(-c2ccccn2)n2nc(NC3CCN(S(C)(=O)=O)CC3)ncc12. The topological polar surface area (TPSA) is 92.5 Å². The third-order valence-electron chi connectivity index (χ3n) is 4.90. The second kappa shape index (κ2) is 6.90. The van der Waals surface area contributed by atoms with Crippen LogP contribution in [0.1, 0.15) is 18.4 Å². The van der Waals surface area contributed by atoms with Gasteiger partial charge in [-0.25, -0.2) is 22.2 Å². The number of fused-ring (bicyclic) bond motifs is 1. The summed E-state index contributed by atoms with van der Waals surface area (Å²) in [5.74, 6) is 0.535. The number of nitrogens with zero attached hydrogens (tertiary/aromatic N) is 5. The standard InChI is InChI=1S/C18H22N6O2S/c1-13-11-16(15-5-3-4-8-19-15)24-17(13)12-20-18(22-24)21-14-6-9-23(10-7-14)27(2,25)26/h3-5,8,11-12,14H,6-7,9-10H2,1-2H3,(H,21,22). The lowest BCUT2D eigenvalue weighted by Crippen LogP contribution is -2.42. The van der Waals surface area contributed by atoms with Crippen LogP contribution >= 0.6 is 0 Å². The molecule has 3 aromatic heterocycles. The zero-order valence-corrected chi connectivity index (χ0v) is 16.1. The Labute approximate surface area is 158 Å². The number of nitrogens with one attached hydrogen (secondary N) is 1. The normalized spacial score (nSPS) is 16.7. The van der Waals surface area contributed by atoms with Gasteiger partial charge >= 0.3 is 0 Å². The van der Waals surface area contributed by atoms with Crippen LogP contribution in [0, 0.1) is 6.92 Å². The number of aromatic nitrogens is 4. The van der Waals surface area contributed by atoms with Crippen molar-refractivity contribution in [1.82, 2.24) is 23.9 Å². The first-order chi connectivity index (χ1) is 12.9. The molecule has 0 aromatic carbocycles. The van der Waals surface area contributed by atoms with Gasteiger partial charge in [0.15, 0.2) is 0 Å². The summed E-state index contributed by atoms with van der Waals surface area (Å²) in [5, 5.41) is 8.00. The number of pyridine rings is 1. The molecule has 0 saturated carbocycles. The number of hydrogen-bond donors (Lipinski definition) is 1. The Morgan fingerprint density at radius 3 is 2.63 bits per heavy atom. The summed E-state index contributed by atoms with van der Waals surface area (Å²) in [6.45, 7) is 3.06. The monoisotopic (exact) mass is 386 g/mol. The molecule has 142 valence electrons. The number of sulfonamides is 1. The molecule has 1 aliphatic rings. The van der Waals surface area contributed by atoms with Gasteiger partial charge in [0.05, 0.1) is 29.4 Å². The summed E-state index contributed by atoms with van der Waals surface area (Å²) in [6, 6.07) is 8.00. The Hall–Kier alpha value is -2.52. The van der Waals surface area contributed by atoms with Gasteiger partial charge in [-0.2, -0.15) is 0 Å². The van der Waals surface area contributed by atoms with Gasteiger partial charge in [-0.15, -0.1) is 5.10 Å². The lowest BCUT2D eigenvalue weighted by atomic mass is 10.1. The zero-order valence-electron chi connectivity index (χ0n) is 15.3. The first-order valence-electron chi connectivity index (χ1n) is 8.90. The summed E-state index contributed by atoms with van der Waals surface area (Å²) in [4.78, 5) is 8.87. The van der Waals surface area contributed by atoms with Crippen LogP contribution in [0.4, 0.5) is 5.95 Å². The molecule has 1 aliphatic heterocycles. The Bertz CT molecular complexity index is 1060. The van der Waals surface area contributed by atoms with Gasteiger partial charge in [0, 0.05) is 25.3 Å². The van der Waals surface area contributed by atoms with Crippen molar-refractivity contribution in [1.29, 1.82) is 0 Å². The average molecular weight is 386 g/mol. The maximum atomic E-state index is 11.6. The Morgan fingerprint density at radius 2 is 1.96 bits per heavy atom. The van der Waals surface area contributed by atoms with E-state index in [1.54, 1.807) is 6.20 Å². The molecule has 27 heavy (non-hydrogen) atoms.